The Balaban J connectivity index is 3.86. The summed E-state index contributed by atoms with van der Waals surface area (Å²) in [4.78, 5) is 27.6. The topological polar surface area (TPSA) is 61.4 Å². The Kier molecular flexibility index (Phi) is 34.4. The first kappa shape index (κ1) is 43.6. The molecule has 0 aromatic rings. The molecule has 0 aromatic heterocycles. The number of amides is 2. The van der Waals surface area contributed by atoms with Crippen molar-refractivity contribution in [1.82, 2.24) is 15.5 Å². The zero-order chi connectivity index (χ0) is 33.1. The number of rotatable bonds is 35. The molecule has 1 unspecified atom stereocenters. The summed E-state index contributed by atoms with van der Waals surface area (Å²) in [5, 5.41) is 6.14. The van der Waals surface area contributed by atoms with Gasteiger partial charge in [-0.05, 0) is 65.6 Å². The highest BCUT2D eigenvalue weighted by Gasteiger charge is 2.20. The van der Waals surface area contributed by atoms with E-state index in [2.05, 4.69) is 41.5 Å². The van der Waals surface area contributed by atoms with Gasteiger partial charge in [-0.2, -0.15) is 0 Å². The van der Waals surface area contributed by atoms with Crippen LogP contribution in [0.5, 0.6) is 0 Å². The standard InChI is InChI=1S/C40H79N3O2/c1-5-7-9-11-13-15-17-19-21-22-24-26-28-30-32-34-39(44)42-38(35-37-43(3)4)40(45)41-36-33-31-29-27-25-23-20-18-16-14-12-10-8-6-2/h19,21,38H,5-18,20,22-37H2,1-4H3,(H,41,45)(H,42,44)/b21-19+. The summed E-state index contributed by atoms with van der Waals surface area (Å²) in [6, 6.07) is -0.435. The molecule has 0 rings (SSSR count). The molecule has 0 aromatic carbocycles. The molecular formula is C40H79N3O2. The number of allylic oxidation sites excluding steroid dienone is 2. The van der Waals surface area contributed by atoms with E-state index in [9.17, 15) is 9.59 Å². The molecule has 0 heterocycles. The molecule has 0 spiro atoms. The van der Waals surface area contributed by atoms with E-state index >= 15 is 0 Å². The molecule has 0 saturated carbocycles. The van der Waals surface area contributed by atoms with Gasteiger partial charge in [0.1, 0.15) is 6.04 Å². The van der Waals surface area contributed by atoms with E-state index in [-0.39, 0.29) is 11.8 Å². The lowest BCUT2D eigenvalue weighted by molar-refractivity contribution is -0.129. The number of hydrogen-bond donors (Lipinski definition) is 2. The molecular weight excluding hydrogens is 554 g/mol. The Bertz CT molecular complexity index is 664. The van der Waals surface area contributed by atoms with Gasteiger partial charge >= 0.3 is 0 Å². The summed E-state index contributed by atoms with van der Waals surface area (Å²) in [6.45, 7) is 6.04. The van der Waals surface area contributed by atoms with Gasteiger partial charge in [0.05, 0.1) is 0 Å². The second-order valence-electron chi connectivity index (χ2n) is 13.9. The summed E-state index contributed by atoms with van der Waals surface area (Å²) in [7, 11) is 4.02. The first-order valence-corrected chi connectivity index (χ1v) is 19.9. The van der Waals surface area contributed by atoms with Crippen LogP contribution in [0.1, 0.15) is 200 Å². The Morgan fingerprint density at radius 2 is 0.956 bits per heavy atom. The molecule has 0 aliphatic rings. The molecule has 0 aliphatic heterocycles. The smallest absolute Gasteiger partial charge is 0.242 e. The lowest BCUT2D eigenvalue weighted by atomic mass is 10.0. The SMILES string of the molecule is CCCCCCCC/C=C/CCCCCCCC(=O)NC(CCN(C)C)C(=O)NCCCCCCCCCCCCCCCC. The number of unbranched alkanes of at least 4 members (excludes halogenated alkanes) is 24. The minimum absolute atomic E-state index is 0.0167. The maximum atomic E-state index is 12.9. The average Bonchev–Trinajstić information content (AvgIpc) is 3.02. The number of nitrogens with one attached hydrogen (secondary N) is 2. The van der Waals surface area contributed by atoms with Gasteiger partial charge in [0.2, 0.25) is 11.8 Å². The molecule has 0 saturated heterocycles. The van der Waals surface area contributed by atoms with Gasteiger partial charge in [-0.1, -0.05) is 161 Å². The minimum Gasteiger partial charge on any atom is -0.354 e. The molecule has 0 fully saturated rings. The van der Waals surface area contributed by atoms with Gasteiger partial charge in [-0.25, -0.2) is 0 Å². The van der Waals surface area contributed by atoms with Crippen LogP contribution in [0, 0.1) is 0 Å². The van der Waals surface area contributed by atoms with E-state index in [1.54, 1.807) is 0 Å². The highest BCUT2D eigenvalue weighted by Crippen LogP contribution is 2.13. The lowest BCUT2D eigenvalue weighted by Crippen LogP contribution is -2.48. The molecule has 0 bridgehead atoms. The Hall–Kier alpha value is -1.36. The normalized spacial score (nSPS) is 12.3. The van der Waals surface area contributed by atoms with Crippen molar-refractivity contribution in [2.45, 2.75) is 206 Å². The van der Waals surface area contributed by atoms with Gasteiger partial charge < -0.3 is 15.5 Å². The van der Waals surface area contributed by atoms with Gasteiger partial charge in [0, 0.05) is 13.0 Å². The largest absolute Gasteiger partial charge is 0.354 e. The van der Waals surface area contributed by atoms with Crippen molar-refractivity contribution < 1.29 is 9.59 Å². The predicted octanol–water partition coefficient (Wildman–Crippen LogP) is 11.1. The van der Waals surface area contributed by atoms with Crippen molar-refractivity contribution in [3.05, 3.63) is 12.2 Å². The summed E-state index contributed by atoms with van der Waals surface area (Å²) in [5.41, 5.74) is 0. The van der Waals surface area contributed by atoms with E-state index in [0.717, 1.165) is 25.8 Å². The fourth-order valence-electron chi connectivity index (χ4n) is 5.93. The number of hydrogen-bond acceptors (Lipinski definition) is 3. The maximum absolute atomic E-state index is 12.9. The summed E-state index contributed by atoms with van der Waals surface area (Å²) in [6.07, 6.45) is 40.8. The van der Waals surface area contributed by atoms with Crippen molar-refractivity contribution in [2.75, 3.05) is 27.2 Å². The molecule has 0 radical (unpaired) electrons. The first-order chi connectivity index (χ1) is 22.0. The first-order valence-electron chi connectivity index (χ1n) is 19.9. The third kappa shape index (κ3) is 33.8. The highest BCUT2D eigenvalue weighted by atomic mass is 16.2. The summed E-state index contributed by atoms with van der Waals surface area (Å²) >= 11 is 0. The number of carbonyl (C=O) groups is 2. The quantitative estimate of drug-likeness (QED) is 0.0539. The van der Waals surface area contributed by atoms with Crippen LogP contribution in [0.25, 0.3) is 0 Å². The van der Waals surface area contributed by atoms with Crippen molar-refractivity contribution in [3.63, 3.8) is 0 Å². The lowest BCUT2D eigenvalue weighted by Gasteiger charge is -2.20. The van der Waals surface area contributed by atoms with E-state index < -0.39 is 6.04 Å². The van der Waals surface area contributed by atoms with Gasteiger partial charge in [0.25, 0.3) is 0 Å². The van der Waals surface area contributed by atoms with Crippen LogP contribution in [0.3, 0.4) is 0 Å². The molecule has 0 aliphatic carbocycles. The Labute approximate surface area is 281 Å². The highest BCUT2D eigenvalue weighted by molar-refractivity contribution is 5.87. The van der Waals surface area contributed by atoms with Crippen LogP contribution in [-0.4, -0.2) is 49.9 Å². The average molecular weight is 634 g/mol. The Morgan fingerprint density at radius 1 is 0.556 bits per heavy atom. The molecule has 1 atom stereocenters. The van der Waals surface area contributed by atoms with Crippen LogP contribution >= 0.6 is 0 Å². The van der Waals surface area contributed by atoms with Crippen molar-refractivity contribution >= 4 is 11.8 Å². The fraction of sp³-hybridized carbons (Fsp3) is 0.900. The second kappa shape index (κ2) is 35.5. The van der Waals surface area contributed by atoms with Crippen molar-refractivity contribution in [3.8, 4) is 0 Å². The van der Waals surface area contributed by atoms with Crippen LogP contribution in [0.4, 0.5) is 0 Å². The van der Waals surface area contributed by atoms with E-state index in [1.165, 1.54) is 154 Å². The molecule has 5 heteroatoms. The monoisotopic (exact) mass is 634 g/mol. The second-order valence-corrected chi connectivity index (χ2v) is 13.9. The molecule has 266 valence electrons. The van der Waals surface area contributed by atoms with Crippen LogP contribution in [-0.2, 0) is 9.59 Å². The van der Waals surface area contributed by atoms with Crippen LogP contribution in [0.2, 0.25) is 0 Å². The summed E-state index contributed by atoms with van der Waals surface area (Å²) in [5.74, 6) is -0.00697. The molecule has 2 N–H and O–H groups in total. The van der Waals surface area contributed by atoms with E-state index in [0.29, 0.717) is 19.4 Å². The van der Waals surface area contributed by atoms with Crippen LogP contribution < -0.4 is 10.6 Å². The van der Waals surface area contributed by atoms with Crippen molar-refractivity contribution in [2.24, 2.45) is 0 Å². The minimum atomic E-state index is -0.435. The van der Waals surface area contributed by atoms with Gasteiger partial charge in [-0.15, -0.1) is 0 Å². The third-order valence-electron chi connectivity index (χ3n) is 9.01. The molecule has 45 heavy (non-hydrogen) atoms. The van der Waals surface area contributed by atoms with E-state index in [1.807, 2.05) is 14.1 Å². The van der Waals surface area contributed by atoms with Crippen LogP contribution in [0.15, 0.2) is 12.2 Å². The maximum Gasteiger partial charge on any atom is 0.242 e. The zero-order valence-corrected chi connectivity index (χ0v) is 30.9. The predicted molar refractivity (Wildman–Crippen MR) is 198 cm³/mol. The fourth-order valence-corrected chi connectivity index (χ4v) is 5.93. The van der Waals surface area contributed by atoms with E-state index in [4.69, 9.17) is 0 Å². The van der Waals surface area contributed by atoms with Gasteiger partial charge in [0.15, 0.2) is 0 Å². The number of carbonyl (C=O) groups excluding carboxylic acids is 2. The third-order valence-corrected chi connectivity index (χ3v) is 9.01. The Morgan fingerprint density at radius 3 is 1.40 bits per heavy atom. The summed E-state index contributed by atoms with van der Waals surface area (Å²) < 4.78 is 0. The zero-order valence-electron chi connectivity index (χ0n) is 30.9. The molecule has 2 amide bonds. The van der Waals surface area contributed by atoms with Gasteiger partial charge in [-0.3, -0.25) is 9.59 Å². The van der Waals surface area contributed by atoms with Crippen molar-refractivity contribution in [1.29, 1.82) is 0 Å². The number of nitrogens with zero attached hydrogens (tertiary/aromatic N) is 1. The molecule has 5 nitrogen and oxygen atoms in total.